The van der Waals surface area contributed by atoms with Gasteiger partial charge in [0.2, 0.25) is 0 Å². The molecule has 0 atom stereocenters. The quantitative estimate of drug-likeness (QED) is 0.495. The third-order valence-electron chi connectivity index (χ3n) is 2.82. The van der Waals surface area contributed by atoms with E-state index in [-0.39, 0.29) is 5.69 Å². The minimum Gasteiger partial charge on any atom is -0.618 e. The van der Waals surface area contributed by atoms with Gasteiger partial charge >= 0.3 is 11.7 Å². The Morgan fingerprint density at radius 1 is 1.17 bits per heavy atom. The van der Waals surface area contributed by atoms with Crippen molar-refractivity contribution >= 4 is 17.6 Å². The molecule has 0 saturated carbocycles. The molecule has 0 aliphatic carbocycles. The highest BCUT2D eigenvalue weighted by Crippen LogP contribution is 2.15. The number of aromatic nitrogens is 1. The van der Waals surface area contributed by atoms with Crippen molar-refractivity contribution in [1.29, 1.82) is 0 Å². The van der Waals surface area contributed by atoms with Gasteiger partial charge in [-0.05, 0) is 37.3 Å². The lowest BCUT2D eigenvalue weighted by Crippen LogP contribution is -2.35. The molecule has 1 aromatic heterocycles. The summed E-state index contributed by atoms with van der Waals surface area (Å²) in [5.74, 6) is -0.667. The van der Waals surface area contributed by atoms with Gasteiger partial charge in [-0.25, -0.2) is 4.79 Å². The molecular weight excluding hydrogens is 300 g/mol. The molecule has 7 nitrogen and oxygen atoms in total. The van der Waals surface area contributed by atoms with Gasteiger partial charge in [-0.3, -0.25) is 4.79 Å². The van der Waals surface area contributed by atoms with Crippen LogP contribution in [0.2, 0.25) is 0 Å². The Balaban J connectivity index is 1.85. The second-order valence-electron chi connectivity index (χ2n) is 4.49. The average molecular weight is 316 g/mol. The average Bonchev–Trinajstić information content (AvgIpc) is 2.55. The normalized spacial score (nSPS) is 9.96. The van der Waals surface area contributed by atoms with Gasteiger partial charge in [0, 0.05) is 17.8 Å². The molecule has 0 bridgehead atoms. The molecule has 1 heterocycles. The summed E-state index contributed by atoms with van der Waals surface area (Å²) in [5.41, 5.74) is 0.370. The van der Waals surface area contributed by atoms with Crippen molar-refractivity contribution in [3.05, 3.63) is 59.6 Å². The Hall–Kier alpha value is -3.09. The minimum absolute atomic E-state index is 0.179. The first kappa shape index (κ1) is 16.3. The fraction of sp³-hybridized carbons (Fsp3) is 0.188. The van der Waals surface area contributed by atoms with Crippen LogP contribution in [-0.4, -0.2) is 25.1 Å². The highest BCUT2D eigenvalue weighted by Gasteiger charge is 2.18. The van der Waals surface area contributed by atoms with Gasteiger partial charge in [0.05, 0.1) is 6.61 Å². The third-order valence-corrected chi connectivity index (χ3v) is 2.82. The van der Waals surface area contributed by atoms with Gasteiger partial charge < -0.3 is 20.0 Å². The van der Waals surface area contributed by atoms with Gasteiger partial charge in [0.15, 0.2) is 12.8 Å². The highest BCUT2D eigenvalue weighted by molar-refractivity contribution is 5.94. The third kappa shape index (κ3) is 4.70. The maximum Gasteiger partial charge on any atom is 0.405 e. The van der Waals surface area contributed by atoms with Crippen molar-refractivity contribution in [1.82, 2.24) is 0 Å². The number of anilines is 1. The lowest BCUT2D eigenvalue weighted by Gasteiger charge is -2.08. The van der Waals surface area contributed by atoms with Gasteiger partial charge in [-0.2, -0.15) is 4.73 Å². The summed E-state index contributed by atoms with van der Waals surface area (Å²) in [6.45, 7) is 1.95. The SMILES string of the molecule is CCOc1ccc(NC(=O)COC(=O)c2cccc[n+]2[O-])cc1. The van der Waals surface area contributed by atoms with Crippen LogP contribution < -0.4 is 14.8 Å². The van der Waals surface area contributed by atoms with E-state index in [9.17, 15) is 14.8 Å². The lowest BCUT2D eigenvalue weighted by atomic mass is 10.3. The van der Waals surface area contributed by atoms with E-state index in [1.54, 1.807) is 24.3 Å². The molecule has 0 aliphatic rings. The van der Waals surface area contributed by atoms with Crippen molar-refractivity contribution in [3.63, 3.8) is 0 Å². The summed E-state index contributed by atoms with van der Waals surface area (Å²) < 4.78 is 10.5. The lowest BCUT2D eigenvalue weighted by molar-refractivity contribution is -0.608. The summed E-state index contributed by atoms with van der Waals surface area (Å²) in [4.78, 5) is 23.4. The summed E-state index contributed by atoms with van der Waals surface area (Å²) in [6.07, 6.45) is 1.18. The Bertz CT molecular complexity index is 685. The van der Waals surface area contributed by atoms with Crippen molar-refractivity contribution < 1.29 is 23.8 Å². The van der Waals surface area contributed by atoms with Crippen LogP contribution in [0.15, 0.2) is 48.7 Å². The van der Waals surface area contributed by atoms with Gasteiger partial charge in [0.1, 0.15) is 5.75 Å². The molecule has 0 fully saturated rings. The van der Waals surface area contributed by atoms with Crippen LogP contribution in [0.1, 0.15) is 17.4 Å². The number of rotatable bonds is 6. The van der Waals surface area contributed by atoms with E-state index in [0.717, 1.165) is 0 Å². The minimum atomic E-state index is -0.859. The molecule has 23 heavy (non-hydrogen) atoms. The van der Waals surface area contributed by atoms with Crippen molar-refractivity contribution in [3.8, 4) is 5.75 Å². The van der Waals surface area contributed by atoms with E-state index in [2.05, 4.69) is 5.32 Å². The number of nitrogens with one attached hydrogen (secondary N) is 1. The Labute approximate surface area is 133 Å². The number of carbonyl (C=O) groups excluding carboxylic acids is 2. The van der Waals surface area contributed by atoms with E-state index in [4.69, 9.17) is 9.47 Å². The molecule has 1 amide bonds. The first-order chi connectivity index (χ1) is 11.1. The zero-order valence-electron chi connectivity index (χ0n) is 12.5. The molecule has 0 unspecified atom stereocenters. The maximum atomic E-state index is 11.7. The van der Waals surface area contributed by atoms with E-state index in [0.29, 0.717) is 22.8 Å². The van der Waals surface area contributed by atoms with Crippen LogP contribution in [0.25, 0.3) is 0 Å². The topological polar surface area (TPSA) is 91.6 Å². The molecule has 120 valence electrons. The van der Waals surface area contributed by atoms with Crippen LogP contribution >= 0.6 is 0 Å². The number of nitrogens with zero attached hydrogens (tertiary/aromatic N) is 1. The number of esters is 1. The maximum absolute atomic E-state index is 11.7. The first-order valence-electron chi connectivity index (χ1n) is 6.98. The number of hydrogen-bond acceptors (Lipinski definition) is 5. The zero-order valence-corrected chi connectivity index (χ0v) is 12.5. The van der Waals surface area contributed by atoms with Crippen LogP contribution in [0.5, 0.6) is 5.75 Å². The molecule has 2 aromatic rings. The molecule has 0 saturated heterocycles. The Morgan fingerprint density at radius 3 is 2.57 bits per heavy atom. The number of carbonyl (C=O) groups is 2. The number of benzene rings is 1. The van der Waals surface area contributed by atoms with Gasteiger partial charge in [-0.1, -0.05) is 0 Å². The summed E-state index contributed by atoms with van der Waals surface area (Å²) in [6, 6.07) is 11.1. The molecule has 0 radical (unpaired) electrons. The fourth-order valence-corrected chi connectivity index (χ4v) is 1.79. The number of hydrogen-bond donors (Lipinski definition) is 1. The Kier molecular flexibility index (Phi) is 5.51. The van der Waals surface area contributed by atoms with Crippen LogP contribution in [0, 0.1) is 5.21 Å². The number of ether oxygens (including phenoxy) is 2. The largest absolute Gasteiger partial charge is 0.618 e. The summed E-state index contributed by atoms with van der Waals surface area (Å²) in [5, 5.41) is 14.0. The molecule has 2 rings (SSSR count). The van der Waals surface area contributed by atoms with Crippen LogP contribution in [0.4, 0.5) is 5.69 Å². The van der Waals surface area contributed by atoms with Gasteiger partial charge in [-0.15, -0.1) is 0 Å². The second-order valence-corrected chi connectivity index (χ2v) is 4.49. The van der Waals surface area contributed by atoms with E-state index < -0.39 is 18.5 Å². The second kappa shape index (κ2) is 7.79. The Morgan fingerprint density at radius 2 is 1.91 bits per heavy atom. The zero-order chi connectivity index (χ0) is 16.7. The van der Waals surface area contributed by atoms with E-state index in [1.165, 1.54) is 24.4 Å². The molecule has 1 N–H and O–H groups in total. The highest BCUT2D eigenvalue weighted by atomic mass is 16.5. The monoisotopic (exact) mass is 316 g/mol. The smallest absolute Gasteiger partial charge is 0.405 e. The van der Waals surface area contributed by atoms with Crippen LogP contribution in [0.3, 0.4) is 0 Å². The standard InChI is InChI=1S/C16H16N2O5/c1-2-22-13-8-6-12(7-9-13)17-15(19)11-23-16(20)14-5-3-4-10-18(14)21/h3-10H,2,11H2,1H3,(H,17,19). The van der Waals surface area contributed by atoms with E-state index >= 15 is 0 Å². The van der Waals surface area contributed by atoms with Crippen molar-refractivity contribution in [2.45, 2.75) is 6.92 Å². The number of pyridine rings is 1. The van der Waals surface area contributed by atoms with Gasteiger partial charge in [0.25, 0.3) is 5.91 Å². The van der Waals surface area contributed by atoms with E-state index in [1.807, 2.05) is 6.92 Å². The number of amides is 1. The predicted octanol–water partition coefficient (Wildman–Crippen LogP) is 1.51. The molecule has 1 aromatic carbocycles. The van der Waals surface area contributed by atoms with Crippen LogP contribution in [-0.2, 0) is 9.53 Å². The molecule has 0 aliphatic heterocycles. The molecular formula is C16H16N2O5. The van der Waals surface area contributed by atoms with Crippen molar-refractivity contribution in [2.24, 2.45) is 0 Å². The summed E-state index contributed by atoms with van der Waals surface area (Å²) >= 11 is 0. The molecule has 0 spiro atoms. The summed E-state index contributed by atoms with van der Waals surface area (Å²) in [7, 11) is 0. The molecule has 7 heteroatoms. The fourth-order valence-electron chi connectivity index (χ4n) is 1.79. The van der Waals surface area contributed by atoms with Crippen molar-refractivity contribution in [2.75, 3.05) is 18.5 Å². The first-order valence-corrected chi connectivity index (χ1v) is 6.98. The predicted molar refractivity (Wildman–Crippen MR) is 81.9 cm³/mol.